The minimum atomic E-state index is -0.596. The van der Waals surface area contributed by atoms with Crippen molar-refractivity contribution in [1.82, 2.24) is 9.47 Å². The third kappa shape index (κ3) is 3.56. The van der Waals surface area contributed by atoms with Crippen molar-refractivity contribution in [2.75, 3.05) is 31.5 Å². The molecule has 0 fully saturated rings. The number of nitrogens with zero attached hydrogens (tertiary/aromatic N) is 3. The van der Waals surface area contributed by atoms with Gasteiger partial charge in [-0.05, 0) is 32.1 Å². The third-order valence-corrected chi connectivity index (χ3v) is 4.31. The minimum Gasteiger partial charge on any atom is -0.379 e. The lowest BCUT2D eigenvalue weighted by molar-refractivity contribution is -0.385. The van der Waals surface area contributed by atoms with Gasteiger partial charge in [0, 0.05) is 19.0 Å². The Bertz CT molecular complexity index is 781. The van der Waals surface area contributed by atoms with E-state index in [4.69, 9.17) is 0 Å². The summed E-state index contributed by atoms with van der Waals surface area (Å²) in [5.74, 6) is 0. The van der Waals surface area contributed by atoms with Crippen LogP contribution in [-0.2, 0) is 7.05 Å². The molecule has 2 rings (SSSR count). The molecule has 0 aliphatic heterocycles. The van der Waals surface area contributed by atoms with E-state index in [1.54, 1.807) is 19.2 Å². The Hall–Kier alpha value is -2.41. The quantitative estimate of drug-likeness (QED) is 0.456. The van der Waals surface area contributed by atoms with E-state index < -0.39 is 10.5 Å². The number of hydrogen-bond donors (Lipinski definition) is 1. The van der Waals surface area contributed by atoms with Gasteiger partial charge in [0.25, 0.3) is 0 Å². The molecule has 1 aromatic heterocycles. The van der Waals surface area contributed by atoms with Gasteiger partial charge in [-0.3, -0.25) is 14.9 Å². The van der Waals surface area contributed by atoms with Gasteiger partial charge in [0.05, 0.1) is 10.4 Å². The molecule has 2 aromatic rings. The Morgan fingerprint density at radius 3 is 2.54 bits per heavy atom. The number of aryl methyl sites for hydroxylation is 1. The maximum absolute atomic E-state index is 12.4. The number of hydrogen-bond acceptors (Lipinski definition) is 5. The lowest BCUT2D eigenvalue weighted by Crippen LogP contribution is -2.26. The molecule has 0 aliphatic carbocycles. The first kappa shape index (κ1) is 17.9. The lowest BCUT2D eigenvalue weighted by atomic mass is 10.1. The maximum Gasteiger partial charge on any atom is 0.357 e. The summed E-state index contributed by atoms with van der Waals surface area (Å²) in [5, 5.41) is 15.2. The molecule has 0 saturated heterocycles. The van der Waals surface area contributed by atoms with E-state index in [1.807, 2.05) is 12.1 Å². The smallest absolute Gasteiger partial charge is 0.357 e. The summed E-state index contributed by atoms with van der Waals surface area (Å²) in [4.78, 5) is 25.5. The van der Waals surface area contributed by atoms with Crippen LogP contribution in [0.15, 0.2) is 29.1 Å². The number of anilines is 1. The van der Waals surface area contributed by atoms with E-state index in [0.29, 0.717) is 23.1 Å². The van der Waals surface area contributed by atoms with E-state index in [9.17, 15) is 14.9 Å². The second-order valence-corrected chi connectivity index (χ2v) is 5.67. The van der Waals surface area contributed by atoms with E-state index >= 15 is 0 Å². The summed E-state index contributed by atoms with van der Waals surface area (Å²) in [6.45, 7) is 7.66. The van der Waals surface area contributed by atoms with Crippen molar-refractivity contribution in [3.05, 3.63) is 44.7 Å². The largest absolute Gasteiger partial charge is 0.379 e. The van der Waals surface area contributed by atoms with Gasteiger partial charge in [-0.25, -0.2) is 0 Å². The Balaban J connectivity index is 2.34. The second kappa shape index (κ2) is 7.92. The van der Waals surface area contributed by atoms with Gasteiger partial charge in [-0.1, -0.05) is 32.0 Å². The second-order valence-electron chi connectivity index (χ2n) is 5.67. The van der Waals surface area contributed by atoms with Gasteiger partial charge in [0.15, 0.2) is 0 Å². The van der Waals surface area contributed by atoms with E-state index in [-0.39, 0.29) is 5.69 Å². The van der Waals surface area contributed by atoms with Gasteiger partial charge in [0.1, 0.15) is 5.69 Å². The van der Waals surface area contributed by atoms with E-state index in [0.717, 1.165) is 26.1 Å². The van der Waals surface area contributed by atoms with Gasteiger partial charge < -0.3 is 14.8 Å². The first-order valence-corrected chi connectivity index (χ1v) is 8.23. The van der Waals surface area contributed by atoms with Crippen LogP contribution >= 0.6 is 0 Å². The number of rotatable bonds is 8. The first-order chi connectivity index (χ1) is 11.5. The van der Waals surface area contributed by atoms with Crippen molar-refractivity contribution >= 4 is 22.3 Å². The topological polar surface area (TPSA) is 80.4 Å². The van der Waals surface area contributed by atoms with Crippen LogP contribution in [0.2, 0.25) is 0 Å². The van der Waals surface area contributed by atoms with Crippen molar-refractivity contribution < 1.29 is 4.92 Å². The summed E-state index contributed by atoms with van der Waals surface area (Å²) < 4.78 is 1.33. The van der Waals surface area contributed by atoms with Gasteiger partial charge in [0.2, 0.25) is 0 Å². The van der Waals surface area contributed by atoms with Crippen molar-refractivity contribution in [3.8, 4) is 0 Å². The number of nitro groups is 1. The SMILES string of the molecule is CCN(CC)CCCNc1c([N+](=O)[O-])c(=O)n(C)c2ccccc12. The Morgan fingerprint density at radius 1 is 1.25 bits per heavy atom. The van der Waals surface area contributed by atoms with Crippen LogP contribution in [0.5, 0.6) is 0 Å². The van der Waals surface area contributed by atoms with E-state index in [2.05, 4.69) is 24.1 Å². The fourth-order valence-electron chi connectivity index (χ4n) is 2.88. The normalized spacial score (nSPS) is 11.2. The van der Waals surface area contributed by atoms with Crippen LogP contribution < -0.4 is 10.9 Å². The highest BCUT2D eigenvalue weighted by atomic mass is 16.6. The molecular weight excluding hydrogens is 308 g/mol. The van der Waals surface area contributed by atoms with E-state index in [1.165, 1.54) is 4.57 Å². The summed E-state index contributed by atoms with van der Waals surface area (Å²) in [6.07, 6.45) is 0.850. The minimum absolute atomic E-state index is 0.318. The van der Waals surface area contributed by atoms with Crippen LogP contribution in [0.3, 0.4) is 0 Å². The molecule has 0 aliphatic rings. The predicted octanol–water partition coefficient (Wildman–Crippen LogP) is 2.59. The van der Waals surface area contributed by atoms with Crippen LogP contribution in [0.4, 0.5) is 11.4 Å². The zero-order valence-electron chi connectivity index (χ0n) is 14.4. The maximum atomic E-state index is 12.4. The molecule has 1 heterocycles. The molecule has 0 saturated carbocycles. The van der Waals surface area contributed by atoms with Crippen molar-refractivity contribution in [3.63, 3.8) is 0 Å². The predicted molar refractivity (Wildman–Crippen MR) is 96.7 cm³/mol. The summed E-state index contributed by atoms with van der Waals surface area (Å²) in [5.41, 5.74) is 0.0153. The Labute approximate surface area is 141 Å². The molecule has 7 heteroatoms. The fourth-order valence-corrected chi connectivity index (χ4v) is 2.88. The fraction of sp³-hybridized carbons (Fsp3) is 0.471. The van der Waals surface area contributed by atoms with Gasteiger partial charge in [-0.15, -0.1) is 0 Å². The molecule has 1 N–H and O–H groups in total. The van der Waals surface area contributed by atoms with Crippen molar-refractivity contribution in [2.24, 2.45) is 7.05 Å². The zero-order valence-corrected chi connectivity index (χ0v) is 14.4. The lowest BCUT2D eigenvalue weighted by Gasteiger charge is -2.18. The highest BCUT2D eigenvalue weighted by Gasteiger charge is 2.24. The highest BCUT2D eigenvalue weighted by Crippen LogP contribution is 2.29. The number of benzene rings is 1. The molecule has 0 spiro atoms. The van der Waals surface area contributed by atoms with Gasteiger partial charge in [-0.2, -0.15) is 0 Å². The number of para-hydroxylation sites is 1. The summed E-state index contributed by atoms with van der Waals surface area (Å²) in [6, 6.07) is 7.23. The molecule has 1 aromatic carbocycles. The van der Waals surface area contributed by atoms with Crippen LogP contribution in [0, 0.1) is 10.1 Å². The monoisotopic (exact) mass is 332 g/mol. The number of pyridine rings is 1. The van der Waals surface area contributed by atoms with Gasteiger partial charge >= 0.3 is 11.2 Å². The Kier molecular flexibility index (Phi) is 5.92. The molecule has 0 radical (unpaired) electrons. The Morgan fingerprint density at radius 2 is 1.92 bits per heavy atom. The molecule has 7 nitrogen and oxygen atoms in total. The molecule has 130 valence electrons. The molecule has 24 heavy (non-hydrogen) atoms. The average Bonchev–Trinajstić information content (AvgIpc) is 2.58. The molecule has 0 amide bonds. The molecule has 0 unspecified atom stereocenters. The average molecular weight is 332 g/mol. The van der Waals surface area contributed by atoms with Crippen molar-refractivity contribution in [2.45, 2.75) is 20.3 Å². The van der Waals surface area contributed by atoms with Crippen LogP contribution in [0.25, 0.3) is 10.9 Å². The van der Waals surface area contributed by atoms with Crippen LogP contribution in [0.1, 0.15) is 20.3 Å². The third-order valence-electron chi connectivity index (χ3n) is 4.31. The number of aromatic nitrogens is 1. The highest BCUT2D eigenvalue weighted by molar-refractivity contribution is 5.96. The molecule has 0 bridgehead atoms. The van der Waals surface area contributed by atoms with Crippen molar-refractivity contribution in [1.29, 1.82) is 0 Å². The summed E-state index contributed by atoms with van der Waals surface area (Å²) in [7, 11) is 1.56. The molecule has 0 atom stereocenters. The summed E-state index contributed by atoms with van der Waals surface area (Å²) >= 11 is 0. The van der Waals surface area contributed by atoms with Crippen LogP contribution in [-0.4, -0.2) is 40.6 Å². The number of nitrogens with one attached hydrogen (secondary N) is 1. The molecular formula is C17H24N4O3. The zero-order chi connectivity index (χ0) is 17.7. The number of fused-ring (bicyclic) bond motifs is 1. The standard InChI is InChI=1S/C17H24N4O3/c1-4-20(5-2)12-8-11-18-15-13-9-6-7-10-14(13)19(3)17(22)16(15)21(23)24/h6-7,9-10,18H,4-5,8,11-12H2,1-3H3. The first-order valence-electron chi connectivity index (χ1n) is 8.23.